The van der Waals surface area contributed by atoms with E-state index in [-0.39, 0.29) is 5.82 Å². The lowest BCUT2D eigenvalue weighted by Gasteiger charge is -2.28. The Balaban J connectivity index is 2.03. The molecule has 0 saturated heterocycles. The van der Waals surface area contributed by atoms with Gasteiger partial charge in [-0.15, -0.1) is 0 Å². The lowest BCUT2D eigenvalue weighted by Crippen LogP contribution is -2.41. The number of hydrogen-bond donors (Lipinski definition) is 2. The highest BCUT2D eigenvalue weighted by atomic mass is 79.9. The van der Waals surface area contributed by atoms with E-state index in [0.29, 0.717) is 18.4 Å². The highest BCUT2D eigenvalue weighted by Gasteiger charge is 2.45. The summed E-state index contributed by atoms with van der Waals surface area (Å²) in [4.78, 5) is 11.9. The maximum Gasteiger partial charge on any atom is 0.334 e. The van der Waals surface area contributed by atoms with E-state index in [0.717, 1.165) is 15.7 Å². The molecule has 0 radical (unpaired) electrons. The lowest BCUT2D eigenvalue weighted by atomic mass is 9.91. The minimum absolute atomic E-state index is 0.335. The second-order valence-electron chi connectivity index (χ2n) is 5.14. The maximum atomic E-state index is 13.3. The number of nitrogens with one attached hydrogen (secondary N) is 1. The van der Waals surface area contributed by atoms with E-state index in [4.69, 9.17) is 0 Å². The van der Waals surface area contributed by atoms with Crippen LogP contribution in [0.1, 0.15) is 17.5 Å². The summed E-state index contributed by atoms with van der Waals surface area (Å²) >= 11 is 3.35. The van der Waals surface area contributed by atoms with E-state index in [2.05, 4.69) is 21.2 Å². The fourth-order valence-electron chi connectivity index (χ4n) is 2.83. The van der Waals surface area contributed by atoms with Crippen molar-refractivity contribution in [2.24, 2.45) is 0 Å². The van der Waals surface area contributed by atoms with Gasteiger partial charge in [0.15, 0.2) is 5.54 Å². The van der Waals surface area contributed by atoms with Crippen molar-refractivity contribution in [3.05, 3.63) is 63.9 Å². The van der Waals surface area contributed by atoms with Crippen molar-refractivity contribution in [3.63, 3.8) is 0 Å². The standard InChI is InChI=1S/C16H13BrFNO2/c17-11-1-4-13(5-2-11)19-16(15(20)21)8-7-10-9-12(18)3-6-14(10)16/h1-6,9,19H,7-8H2,(H,20,21). The fraction of sp³-hybridized carbons (Fsp3) is 0.188. The average molecular weight is 350 g/mol. The summed E-state index contributed by atoms with van der Waals surface area (Å²) in [6, 6.07) is 11.6. The van der Waals surface area contributed by atoms with Gasteiger partial charge in [-0.25, -0.2) is 9.18 Å². The Bertz CT molecular complexity index is 702. The maximum absolute atomic E-state index is 13.3. The molecule has 1 atom stereocenters. The first-order valence-corrected chi connectivity index (χ1v) is 7.37. The zero-order chi connectivity index (χ0) is 15.0. The first kappa shape index (κ1) is 14.1. The molecule has 1 unspecified atom stereocenters. The number of aliphatic carboxylic acids is 1. The second kappa shape index (κ2) is 5.15. The van der Waals surface area contributed by atoms with Crippen LogP contribution in [0.25, 0.3) is 0 Å². The summed E-state index contributed by atoms with van der Waals surface area (Å²) in [6.07, 6.45) is 0.945. The van der Waals surface area contributed by atoms with Gasteiger partial charge < -0.3 is 10.4 Å². The molecule has 2 aromatic rings. The van der Waals surface area contributed by atoms with Gasteiger partial charge in [-0.3, -0.25) is 0 Å². The number of hydrogen-bond acceptors (Lipinski definition) is 2. The molecule has 0 bridgehead atoms. The molecule has 2 aromatic carbocycles. The van der Waals surface area contributed by atoms with Crippen LogP contribution in [0.4, 0.5) is 10.1 Å². The van der Waals surface area contributed by atoms with E-state index in [1.807, 2.05) is 24.3 Å². The number of fused-ring (bicyclic) bond motifs is 1. The Morgan fingerprint density at radius 2 is 1.95 bits per heavy atom. The van der Waals surface area contributed by atoms with E-state index in [1.165, 1.54) is 12.1 Å². The minimum Gasteiger partial charge on any atom is -0.479 e. The molecule has 0 heterocycles. The third-order valence-electron chi connectivity index (χ3n) is 3.86. The summed E-state index contributed by atoms with van der Waals surface area (Å²) in [7, 11) is 0. The highest BCUT2D eigenvalue weighted by Crippen LogP contribution is 2.40. The van der Waals surface area contributed by atoms with Crippen LogP contribution in [0.2, 0.25) is 0 Å². The third-order valence-corrected chi connectivity index (χ3v) is 4.39. The normalized spacial score (nSPS) is 20.1. The number of halogens is 2. The van der Waals surface area contributed by atoms with Gasteiger partial charge in [0.2, 0.25) is 0 Å². The van der Waals surface area contributed by atoms with Gasteiger partial charge in [-0.1, -0.05) is 22.0 Å². The van der Waals surface area contributed by atoms with Crippen molar-refractivity contribution in [1.29, 1.82) is 0 Å². The predicted octanol–water partition coefficient (Wildman–Crippen LogP) is 3.93. The summed E-state index contributed by atoms with van der Waals surface area (Å²) in [5.74, 6) is -1.28. The number of anilines is 1. The molecule has 2 N–H and O–H groups in total. The fourth-order valence-corrected chi connectivity index (χ4v) is 3.09. The van der Waals surface area contributed by atoms with Crippen LogP contribution in [-0.2, 0) is 16.8 Å². The summed E-state index contributed by atoms with van der Waals surface area (Å²) < 4.78 is 14.2. The topological polar surface area (TPSA) is 49.3 Å². The van der Waals surface area contributed by atoms with Crippen molar-refractivity contribution in [2.75, 3.05) is 5.32 Å². The van der Waals surface area contributed by atoms with Gasteiger partial charge in [0.25, 0.3) is 0 Å². The lowest BCUT2D eigenvalue weighted by molar-refractivity contribution is -0.142. The second-order valence-corrected chi connectivity index (χ2v) is 6.06. The van der Waals surface area contributed by atoms with Gasteiger partial charge in [0.1, 0.15) is 5.82 Å². The van der Waals surface area contributed by atoms with Crippen LogP contribution in [0.15, 0.2) is 46.9 Å². The molecule has 3 rings (SSSR count). The molecule has 0 aliphatic heterocycles. The molecule has 108 valence electrons. The largest absolute Gasteiger partial charge is 0.479 e. The van der Waals surface area contributed by atoms with E-state index >= 15 is 0 Å². The third kappa shape index (κ3) is 2.42. The van der Waals surface area contributed by atoms with E-state index < -0.39 is 11.5 Å². The molecule has 1 aliphatic rings. The SMILES string of the molecule is O=C(O)C1(Nc2ccc(Br)cc2)CCc2cc(F)ccc21. The molecular formula is C16H13BrFNO2. The van der Waals surface area contributed by atoms with Gasteiger partial charge in [-0.2, -0.15) is 0 Å². The Kier molecular flexibility index (Phi) is 3.45. The molecule has 5 heteroatoms. The van der Waals surface area contributed by atoms with Crippen LogP contribution in [0.5, 0.6) is 0 Å². The Hall–Kier alpha value is -1.88. The molecule has 21 heavy (non-hydrogen) atoms. The number of carbonyl (C=O) groups is 1. The van der Waals surface area contributed by atoms with Crippen molar-refractivity contribution < 1.29 is 14.3 Å². The first-order chi connectivity index (χ1) is 10.0. The van der Waals surface area contributed by atoms with Crippen molar-refractivity contribution >= 4 is 27.6 Å². The summed E-state index contributed by atoms with van der Waals surface area (Å²) in [5.41, 5.74) is 0.913. The van der Waals surface area contributed by atoms with Crippen molar-refractivity contribution in [2.45, 2.75) is 18.4 Å². The minimum atomic E-state index is -1.20. The molecule has 0 amide bonds. The Morgan fingerprint density at radius 3 is 2.62 bits per heavy atom. The van der Waals surface area contributed by atoms with Gasteiger partial charge in [-0.05, 0) is 60.4 Å². The average Bonchev–Trinajstić information content (AvgIpc) is 2.81. The number of rotatable bonds is 3. The van der Waals surface area contributed by atoms with Crippen LogP contribution in [0, 0.1) is 5.82 Å². The molecule has 0 saturated carbocycles. The van der Waals surface area contributed by atoms with Crippen LogP contribution in [-0.4, -0.2) is 11.1 Å². The Labute approximate surface area is 129 Å². The Morgan fingerprint density at radius 1 is 1.24 bits per heavy atom. The van der Waals surface area contributed by atoms with Gasteiger partial charge in [0.05, 0.1) is 0 Å². The van der Waals surface area contributed by atoms with Crippen LogP contribution in [0.3, 0.4) is 0 Å². The number of carboxylic acid groups (broad SMARTS) is 1. The smallest absolute Gasteiger partial charge is 0.334 e. The molecular weight excluding hydrogens is 337 g/mol. The van der Waals surface area contributed by atoms with Crippen molar-refractivity contribution in [3.8, 4) is 0 Å². The molecule has 1 aliphatic carbocycles. The monoisotopic (exact) mass is 349 g/mol. The van der Waals surface area contributed by atoms with E-state index in [1.54, 1.807) is 6.07 Å². The molecule has 0 aromatic heterocycles. The number of benzene rings is 2. The predicted molar refractivity (Wildman–Crippen MR) is 81.8 cm³/mol. The molecule has 0 fully saturated rings. The zero-order valence-corrected chi connectivity index (χ0v) is 12.7. The van der Waals surface area contributed by atoms with Crippen LogP contribution < -0.4 is 5.32 Å². The molecule has 3 nitrogen and oxygen atoms in total. The quantitative estimate of drug-likeness (QED) is 0.882. The van der Waals surface area contributed by atoms with Gasteiger partial charge in [0, 0.05) is 10.2 Å². The molecule has 0 spiro atoms. The summed E-state index contributed by atoms with van der Waals surface area (Å²) in [5, 5.41) is 12.8. The first-order valence-electron chi connectivity index (χ1n) is 6.57. The van der Waals surface area contributed by atoms with Crippen molar-refractivity contribution in [1.82, 2.24) is 0 Å². The number of aryl methyl sites for hydroxylation is 1. The summed E-state index contributed by atoms with van der Waals surface area (Å²) in [6.45, 7) is 0. The zero-order valence-electron chi connectivity index (χ0n) is 11.1. The highest BCUT2D eigenvalue weighted by molar-refractivity contribution is 9.10. The van der Waals surface area contributed by atoms with Gasteiger partial charge >= 0.3 is 5.97 Å². The number of carboxylic acids is 1. The van der Waals surface area contributed by atoms with E-state index in [9.17, 15) is 14.3 Å². The van der Waals surface area contributed by atoms with Crippen LogP contribution >= 0.6 is 15.9 Å².